The molecule has 3 rings (SSSR count). The highest BCUT2D eigenvalue weighted by Gasteiger charge is 2.29. The molecule has 1 amide bonds. The quantitative estimate of drug-likeness (QED) is 0.825. The van der Waals surface area contributed by atoms with Crippen LogP contribution in [0.1, 0.15) is 25.3 Å². The summed E-state index contributed by atoms with van der Waals surface area (Å²) in [5, 5.41) is 2.68. The van der Waals surface area contributed by atoms with E-state index in [0.29, 0.717) is 35.7 Å². The van der Waals surface area contributed by atoms with Gasteiger partial charge < -0.3 is 10.2 Å². The fraction of sp³-hybridized carbons (Fsp3) is 0.263. The van der Waals surface area contributed by atoms with Crippen molar-refractivity contribution < 1.29 is 13.6 Å². The summed E-state index contributed by atoms with van der Waals surface area (Å²) in [4.78, 5) is 18.2. The highest BCUT2D eigenvalue weighted by Crippen LogP contribution is 2.32. The van der Waals surface area contributed by atoms with Gasteiger partial charge in [0.1, 0.15) is 17.6 Å². The second-order valence-electron chi connectivity index (χ2n) is 5.78. The Morgan fingerprint density at radius 3 is 2.60 bits per heavy atom. The molecule has 4 nitrogen and oxygen atoms in total. The average molecular weight is 343 g/mol. The lowest BCUT2D eigenvalue weighted by Crippen LogP contribution is -2.22. The molecule has 0 aromatic heterocycles. The first-order valence-corrected chi connectivity index (χ1v) is 8.22. The molecule has 1 unspecified atom stereocenters. The number of hydrogen-bond acceptors (Lipinski definition) is 3. The van der Waals surface area contributed by atoms with Crippen molar-refractivity contribution in [2.24, 2.45) is 4.99 Å². The monoisotopic (exact) mass is 343 g/mol. The van der Waals surface area contributed by atoms with Gasteiger partial charge in [-0.25, -0.2) is 8.78 Å². The van der Waals surface area contributed by atoms with Crippen molar-refractivity contribution in [2.45, 2.75) is 19.8 Å². The Bertz CT molecular complexity index is 831. The molecule has 1 aliphatic rings. The van der Waals surface area contributed by atoms with Crippen molar-refractivity contribution in [3.63, 3.8) is 0 Å². The van der Waals surface area contributed by atoms with Crippen molar-refractivity contribution >= 4 is 29.2 Å². The molecule has 1 atom stereocenters. The fourth-order valence-electron chi connectivity index (χ4n) is 2.96. The standard InChI is InChI=1S/C19H19F2N3O/c1-3-24(4-2)18-8-6-13(10-16(18)21)22-11-15-14-9-12(20)5-7-17(14)23-19(15)25/h5-11,15H,3-4H2,1-2H3,(H,23,25). The number of anilines is 2. The second-order valence-corrected chi connectivity index (χ2v) is 5.78. The third-order valence-corrected chi connectivity index (χ3v) is 4.30. The zero-order chi connectivity index (χ0) is 18.0. The topological polar surface area (TPSA) is 44.7 Å². The van der Waals surface area contributed by atoms with Crippen LogP contribution in [0.4, 0.5) is 25.8 Å². The van der Waals surface area contributed by atoms with E-state index in [2.05, 4.69) is 10.3 Å². The Kier molecular flexibility index (Phi) is 4.79. The SMILES string of the molecule is CCN(CC)c1ccc(N=CC2C(=O)Nc3ccc(F)cc32)cc1F. The maximum atomic E-state index is 14.3. The molecule has 1 N–H and O–H groups in total. The first kappa shape index (κ1) is 17.1. The number of fused-ring (bicyclic) bond motifs is 1. The van der Waals surface area contributed by atoms with E-state index in [4.69, 9.17) is 0 Å². The minimum atomic E-state index is -0.684. The predicted molar refractivity (Wildman–Crippen MR) is 95.9 cm³/mol. The molecule has 6 heteroatoms. The number of hydrogen-bond donors (Lipinski definition) is 1. The minimum absolute atomic E-state index is 0.274. The molecule has 1 aliphatic heterocycles. The first-order valence-electron chi connectivity index (χ1n) is 8.22. The van der Waals surface area contributed by atoms with Crippen LogP contribution in [0.25, 0.3) is 0 Å². The molecular weight excluding hydrogens is 324 g/mol. The molecule has 25 heavy (non-hydrogen) atoms. The third-order valence-electron chi connectivity index (χ3n) is 4.30. The minimum Gasteiger partial charge on any atom is -0.370 e. The lowest BCUT2D eigenvalue weighted by Gasteiger charge is -2.21. The molecule has 0 saturated heterocycles. The molecule has 0 fully saturated rings. The molecule has 0 spiro atoms. The number of nitrogens with one attached hydrogen (secondary N) is 1. The number of rotatable bonds is 5. The number of benzene rings is 2. The third kappa shape index (κ3) is 3.38. The van der Waals surface area contributed by atoms with Crippen LogP contribution in [0.15, 0.2) is 41.4 Å². The molecule has 0 bridgehead atoms. The summed E-state index contributed by atoms with van der Waals surface area (Å²) in [5.41, 5.74) is 2.04. The highest BCUT2D eigenvalue weighted by molar-refractivity contribution is 6.12. The number of amides is 1. The zero-order valence-corrected chi connectivity index (χ0v) is 14.1. The summed E-state index contributed by atoms with van der Waals surface area (Å²) in [5.74, 6) is -1.73. The van der Waals surface area contributed by atoms with Gasteiger partial charge >= 0.3 is 0 Å². The van der Waals surface area contributed by atoms with E-state index in [0.717, 1.165) is 0 Å². The summed E-state index contributed by atoms with van der Waals surface area (Å²) in [6, 6.07) is 8.84. The van der Waals surface area contributed by atoms with Gasteiger partial charge in [0.05, 0.1) is 11.4 Å². The van der Waals surface area contributed by atoms with Crippen molar-refractivity contribution in [3.8, 4) is 0 Å². The normalized spacial score (nSPS) is 16.2. The lowest BCUT2D eigenvalue weighted by atomic mass is 10.0. The van der Waals surface area contributed by atoms with Crippen molar-refractivity contribution in [2.75, 3.05) is 23.3 Å². The van der Waals surface area contributed by atoms with Crippen LogP contribution in [0.5, 0.6) is 0 Å². The van der Waals surface area contributed by atoms with Crippen molar-refractivity contribution in [3.05, 3.63) is 53.6 Å². The smallest absolute Gasteiger partial charge is 0.237 e. The molecule has 0 radical (unpaired) electrons. The molecule has 1 heterocycles. The molecule has 2 aromatic carbocycles. The van der Waals surface area contributed by atoms with Gasteiger partial charge in [0.25, 0.3) is 0 Å². The molecule has 2 aromatic rings. The largest absolute Gasteiger partial charge is 0.370 e. The first-order chi connectivity index (χ1) is 12.0. The van der Waals surface area contributed by atoms with Crippen LogP contribution in [0.2, 0.25) is 0 Å². The Morgan fingerprint density at radius 2 is 1.92 bits per heavy atom. The lowest BCUT2D eigenvalue weighted by molar-refractivity contribution is -0.115. The summed E-state index contributed by atoms with van der Waals surface area (Å²) in [7, 11) is 0. The van der Waals surface area contributed by atoms with Crippen LogP contribution in [-0.4, -0.2) is 25.2 Å². The van der Waals surface area contributed by atoms with Crippen LogP contribution in [0, 0.1) is 11.6 Å². The van der Waals surface area contributed by atoms with Gasteiger partial charge in [-0.1, -0.05) is 0 Å². The molecule has 0 aliphatic carbocycles. The Labute approximate surface area is 145 Å². The Balaban J connectivity index is 1.85. The number of aliphatic imine (C=N–C) groups is 1. The number of carbonyl (C=O) groups is 1. The molecular formula is C19H19F2N3O. The summed E-state index contributed by atoms with van der Waals surface area (Å²) < 4.78 is 27.7. The van der Waals surface area contributed by atoms with Gasteiger partial charge in [-0.05, 0) is 49.7 Å². The van der Waals surface area contributed by atoms with Crippen molar-refractivity contribution in [1.29, 1.82) is 0 Å². The van der Waals surface area contributed by atoms with Gasteiger partial charge in [0.2, 0.25) is 5.91 Å². The number of nitrogens with zero attached hydrogens (tertiary/aromatic N) is 2. The zero-order valence-electron chi connectivity index (χ0n) is 14.1. The summed E-state index contributed by atoms with van der Waals surface area (Å²) in [6.07, 6.45) is 1.42. The van der Waals surface area contributed by atoms with Crippen LogP contribution in [-0.2, 0) is 4.79 Å². The second kappa shape index (κ2) is 7.01. The Hall–Kier alpha value is -2.76. The molecule has 130 valence electrons. The van der Waals surface area contributed by atoms with Gasteiger partial charge in [-0.15, -0.1) is 0 Å². The predicted octanol–water partition coefficient (Wildman–Crippen LogP) is 4.25. The Morgan fingerprint density at radius 1 is 1.16 bits per heavy atom. The van der Waals surface area contributed by atoms with E-state index in [1.54, 1.807) is 12.1 Å². The van der Waals surface area contributed by atoms with E-state index in [-0.39, 0.29) is 11.7 Å². The maximum Gasteiger partial charge on any atom is 0.237 e. The van der Waals surface area contributed by atoms with Crippen molar-refractivity contribution in [1.82, 2.24) is 0 Å². The number of halogens is 2. The average Bonchev–Trinajstić information content (AvgIpc) is 2.90. The van der Waals surface area contributed by atoms with E-state index < -0.39 is 11.7 Å². The van der Waals surface area contributed by atoms with Gasteiger partial charge in [-0.2, -0.15) is 0 Å². The van der Waals surface area contributed by atoms with Crippen LogP contribution in [0.3, 0.4) is 0 Å². The van der Waals surface area contributed by atoms with Gasteiger partial charge in [0, 0.05) is 31.1 Å². The van der Waals surface area contributed by atoms with Gasteiger partial charge in [-0.3, -0.25) is 9.79 Å². The fourth-order valence-corrected chi connectivity index (χ4v) is 2.96. The van der Waals surface area contributed by atoms with E-state index in [9.17, 15) is 13.6 Å². The van der Waals surface area contributed by atoms with Gasteiger partial charge in [0.15, 0.2) is 0 Å². The maximum absolute atomic E-state index is 14.3. The van der Waals surface area contributed by atoms with E-state index in [1.165, 1.54) is 30.5 Å². The van der Waals surface area contributed by atoms with Crippen LogP contribution >= 0.6 is 0 Å². The van der Waals surface area contributed by atoms with E-state index >= 15 is 0 Å². The highest BCUT2D eigenvalue weighted by atomic mass is 19.1. The van der Waals surface area contributed by atoms with Crippen LogP contribution < -0.4 is 10.2 Å². The molecule has 0 saturated carbocycles. The van der Waals surface area contributed by atoms with E-state index in [1.807, 2.05) is 18.7 Å². The summed E-state index contributed by atoms with van der Waals surface area (Å²) >= 11 is 0. The number of carbonyl (C=O) groups excluding carboxylic acids is 1. The summed E-state index contributed by atoms with van der Waals surface area (Å²) in [6.45, 7) is 5.34.